The number of aldehydes is 1. The zero-order valence-corrected chi connectivity index (χ0v) is 8.18. The first kappa shape index (κ1) is 10.0. The average molecular weight is 216 g/mol. The monoisotopic (exact) mass is 216 g/mol. The number of nitrogens with zero attached hydrogens (tertiary/aromatic N) is 2. The summed E-state index contributed by atoms with van der Waals surface area (Å²) >= 11 is 0. The van der Waals surface area contributed by atoms with E-state index < -0.39 is 0 Å². The molecular weight excluding hydrogens is 208 g/mol. The number of hydrogen-bond acceptors (Lipinski definition) is 4. The smallest absolute Gasteiger partial charge is 0.274 e. The Balaban J connectivity index is 2.11. The second-order valence-electron chi connectivity index (χ2n) is 2.97. The van der Waals surface area contributed by atoms with E-state index in [0.29, 0.717) is 12.0 Å². The largest absolute Gasteiger partial charge is 0.348 e. The van der Waals surface area contributed by atoms with Crippen LogP contribution in [-0.4, -0.2) is 27.1 Å². The Kier molecular flexibility index (Phi) is 2.73. The van der Waals surface area contributed by atoms with E-state index in [-0.39, 0.29) is 17.5 Å². The van der Waals surface area contributed by atoms with E-state index in [1.807, 2.05) is 0 Å². The number of carbonyl (C=O) groups is 2. The van der Waals surface area contributed by atoms with E-state index in [0.717, 1.165) is 0 Å². The Morgan fingerprint density at radius 1 is 1.31 bits per heavy atom. The molecule has 6 nitrogen and oxygen atoms in total. The third-order valence-electron chi connectivity index (χ3n) is 1.87. The molecular formula is C10H8N4O2. The number of aromatic amines is 1. The van der Waals surface area contributed by atoms with E-state index in [2.05, 4.69) is 20.3 Å². The molecule has 2 aromatic heterocycles. The van der Waals surface area contributed by atoms with Gasteiger partial charge in [0.2, 0.25) is 5.95 Å². The standard InChI is InChI=1S/C10H8N4O2/c15-6-7-2-3-8(13-7)9(16)14-10-11-4-1-5-12-10/h1-6,13H,(H,11,12,14,16). The molecule has 0 aliphatic carbocycles. The van der Waals surface area contributed by atoms with E-state index in [1.54, 1.807) is 6.07 Å². The summed E-state index contributed by atoms with van der Waals surface area (Å²) in [7, 11) is 0. The third-order valence-corrected chi connectivity index (χ3v) is 1.87. The van der Waals surface area contributed by atoms with Gasteiger partial charge in [0.15, 0.2) is 6.29 Å². The maximum Gasteiger partial charge on any atom is 0.274 e. The van der Waals surface area contributed by atoms with Crippen LogP contribution in [0.15, 0.2) is 30.6 Å². The molecule has 0 bridgehead atoms. The van der Waals surface area contributed by atoms with Crippen LogP contribution in [0.5, 0.6) is 0 Å². The van der Waals surface area contributed by atoms with Crippen molar-refractivity contribution >= 4 is 18.1 Å². The summed E-state index contributed by atoms with van der Waals surface area (Å²) < 4.78 is 0. The molecule has 0 unspecified atom stereocenters. The molecule has 0 spiro atoms. The zero-order valence-electron chi connectivity index (χ0n) is 8.18. The van der Waals surface area contributed by atoms with E-state index in [4.69, 9.17) is 0 Å². The highest BCUT2D eigenvalue weighted by Gasteiger charge is 2.09. The fraction of sp³-hybridized carbons (Fsp3) is 0. The van der Waals surface area contributed by atoms with Gasteiger partial charge in [-0.05, 0) is 18.2 Å². The van der Waals surface area contributed by atoms with Gasteiger partial charge >= 0.3 is 0 Å². The van der Waals surface area contributed by atoms with Gasteiger partial charge in [0, 0.05) is 12.4 Å². The molecule has 0 aliphatic rings. The van der Waals surface area contributed by atoms with Gasteiger partial charge in [0.1, 0.15) is 5.69 Å². The highest BCUT2D eigenvalue weighted by molar-refractivity contribution is 6.02. The fourth-order valence-electron chi connectivity index (χ4n) is 1.15. The van der Waals surface area contributed by atoms with Gasteiger partial charge in [-0.3, -0.25) is 14.9 Å². The van der Waals surface area contributed by atoms with Crippen LogP contribution in [0.1, 0.15) is 21.0 Å². The topological polar surface area (TPSA) is 87.7 Å². The number of carbonyl (C=O) groups excluding carboxylic acids is 2. The Bertz CT molecular complexity index is 507. The molecule has 2 rings (SSSR count). The van der Waals surface area contributed by atoms with Crippen LogP contribution in [0.3, 0.4) is 0 Å². The van der Waals surface area contributed by atoms with Crippen LogP contribution < -0.4 is 5.32 Å². The number of nitrogens with one attached hydrogen (secondary N) is 2. The van der Waals surface area contributed by atoms with Crippen LogP contribution in [0, 0.1) is 0 Å². The Labute approximate surface area is 90.7 Å². The van der Waals surface area contributed by atoms with Crippen molar-refractivity contribution in [3.8, 4) is 0 Å². The van der Waals surface area contributed by atoms with E-state index in [9.17, 15) is 9.59 Å². The Morgan fingerprint density at radius 3 is 2.69 bits per heavy atom. The molecule has 2 aromatic rings. The summed E-state index contributed by atoms with van der Waals surface area (Å²) in [5, 5.41) is 2.49. The highest BCUT2D eigenvalue weighted by Crippen LogP contribution is 2.03. The van der Waals surface area contributed by atoms with Gasteiger partial charge < -0.3 is 4.98 Å². The molecule has 80 valence electrons. The van der Waals surface area contributed by atoms with Crippen molar-refractivity contribution in [1.82, 2.24) is 15.0 Å². The second-order valence-corrected chi connectivity index (χ2v) is 2.97. The molecule has 0 aliphatic heterocycles. The number of hydrogen-bond donors (Lipinski definition) is 2. The lowest BCUT2D eigenvalue weighted by molar-refractivity contribution is 0.102. The number of anilines is 1. The molecule has 0 fully saturated rings. The Hall–Kier alpha value is -2.50. The van der Waals surface area contributed by atoms with Crippen LogP contribution in [0.2, 0.25) is 0 Å². The lowest BCUT2D eigenvalue weighted by atomic mass is 10.4. The molecule has 0 saturated heterocycles. The maximum absolute atomic E-state index is 11.6. The normalized spacial score (nSPS) is 9.75. The van der Waals surface area contributed by atoms with Crippen LogP contribution >= 0.6 is 0 Å². The predicted octanol–water partition coefficient (Wildman–Crippen LogP) is 0.869. The Morgan fingerprint density at radius 2 is 2.06 bits per heavy atom. The first-order chi connectivity index (χ1) is 7.79. The summed E-state index contributed by atoms with van der Waals surface area (Å²) in [5.74, 6) is -0.172. The fourth-order valence-corrected chi connectivity index (χ4v) is 1.15. The van der Waals surface area contributed by atoms with Gasteiger partial charge in [-0.1, -0.05) is 0 Å². The summed E-state index contributed by atoms with van der Waals surface area (Å²) in [5.41, 5.74) is 0.633. The van der Waals surface area contributed by atoms with Crippen molar-refractivity contribution in [3.63, 3.8) is 0 Å². The second kappa shape index (κ2) is 4.35. The highest BCUT2D eigenvalue weighted by atomic mass is 16.2. The van der Waals surface area contributed by atoms with Crippen LogP contribution in [0.25, 0.3) is 0 Å². The van der Waals surface area contributed by atoms with Gasteiger partial charge in [-0.15, -0.1) is 0 Å². The summed E-state index contributed by atoms with van der Waals surface area (Å²) in [6.07, 6.45) is 3.68. The average Bonchev–Trinajstić information content (AvgIpc) is 2.79. The van der Waals surface area contributed by atoms with E-state index in [1.165, 1.54) is 24.5 Å². The maximum atomic E-state index is 11.6. The molecule has 0 atom stereocenters. The van der Waals surface area contributed by atoms with Gasteiger partial charge in [-0.2, -0.15) is 0 Å². The molecule has 0 saturated carbocycles. The quantitative estimate of drug-likeness (QED) is 0.745. The van der Waals surface area contributed by atoms with Crippen molar-refractivity contribution < 1.29 is 9.59 Å². The van der Waals surface area contributed by atoms with Gasteiger partial charge in [0.25, 0.3) is 5.91 Å². The zero-order chi connectivity index (χ0) is 11.4. The molecule has 6 heteroatoms. The minimum Gasteiger partial charge on any atom is -0.348 e. The molecule has 0 aromatic carbocycles. The number of rotatable bonds is 3. The van der Waals surface area contributed by atoms with Crippen molar-refractivity contribution in [2.24, 2.45) is 0 Å². The summed E-state index contributed by atoms with van der Waals surface area (Å²) in [4.78, 5) is 32.4. The lowest BCUT2D eigenvalue weighted by Crippen LogP contribution is -2.14. The van der Waals surface area contributed by atoms with Crippen molar-refractivity contribution in [2.45, 2.75) is 0 Å². The number of H-pyrrole nitrogens is 1. The molecule has 2 heterocycles. The first-order valence-corrected chi connectivity index (χ1v) is 4.52. The number of aromatic nitrogens is 3. The van der Waals surface area contributed by atoms with Gasteiger partial charge in [-0.25, -0.2) is 9.97 Å². The van der Waals surface area contributed by atoms with Crippen molar-refractivity contribution in [1.29, 1.82) is 0 Å². The van der Waals surface area contributed by atoms with Crippen LogP contribution in [0.4, 0.5) is 5.95 Å². The molecule has 2 N–H and O–H groups in total. The summed E-state index contributed by atoms with van der Waals surface area (Å²) in [6.45, 7) is 0. The summed E-state index contributed by atoms with van der Waals surface area (Å²) in [6, 6.07) is 4.69. The SMILES string of the molecule is O=Cc1ccc(C(=O)Nc2ncccn2)[nH]1. The van der Waals surface area contributed by atoms with Crippen molar-refractivity contribution in [2.75, 3.05) is 5.32 Å². The minimum absolute atomic E-state index is 0.217. The molecule has 0 radical (unpaired) electrons. The molecule has 1 amide bonds. The van der Waals surface area contributed by atoms with Crippen molar-refractivity contribution in [3.05, 3.63) is 42.0 Å². The minimum atomic E-state index is -0.390. The van der Waals surface area contributed by atoms with Crippen LogP contribution in [-0.2, 0) is 0 Å². The van der Waals surface area contributed by atoms with Gasteiger partial charge in [0.05, 0.1) is 5.69 Å². The first-order valence-electron chi connectivity index (χ1n) is 4.52. The third kappa shape index (κ3) is 2.11. The predicted molar refractivity (Wildman–Crippen MR) is 56.2 cm³/mol. The number of amides is 1. The molecule has 16 heavy (non-hydrogen) atoms. The van der Waals surface area contributed by atoms with E-state index >= 15 is 0 Å². The lowest BCUT2D eigenvalue weighted by Gasteiger charge is -2.00.